The number of para-hydroxylation sites is 1. The van der Waals surface area contributed by atoms with Gasteiger partial charge in [-0.2, -0.15) is 0 Å². The number of aromatic carboxylic acids is 1. The van der Waals surface area contributed by atoms with E-state index in [0.717, 1.165) is 16.9 Å². The fraction of sp³-hybridized carbons (Fsp3) is 0.0667. The van der Waals surface area contributed by atoms with Gasteiger partial charge in [0, 0.05) is 5.69 Å². The van der Waals surface area contributed by atoms with Crippen LogP contribution in [0.25, 0.3) is 10.2 Å². The Kier molecular flexibility index (Phi) is 3.31. The molecule has 4 nitrogen and oxygen atoms in total. The molecule has 0 saturated heterocycles. The molecule has 2 aromatic carbocycles. The zero-order valence-electron chi connectivity index (χ0n) is 11.1. The van der Waals surface area contributed by atoms with Gasteiger partial charge in [-0.1, -0.05) is 18.2 Å². The second kappa shape index (κ2) is 5.14. The predicted molar refractivity (Wildman–Crippen MR) is 81.0 cm³/mol. The number of hydrogen-bond acceptors (Lipinski definition) is 4. The van der Waals surface area contributed by atoms with Crippen LogP contribution in [0, 0.1) is 12.7 Å². The van der Waals surface area contributed by atoms with E-state index >= 15 is 0 Å². The lowest BCUT2D eigenvalue weighted by Crippen LogP contribution is -2.06. The summed E-state index contributed by atoms with van der Waals surface area (Å²) in [5.74, 6) is -1.78. The summed E-state index contributed by atoms with van der Waals surface area (Å²) < 4.78 is 14.9. The van der Waals surface area contributed by atoms with Gasteiger partial charge in [-0.15, -0.1) is 11.3 Å². The summed E-state index contributed by atoms with van der Waals surface area (Å²) in [6, 6.07) is 8.70. The Hall–Kier alpha value is -2.47. The number of carboxylic acid groups (broad SMARTS) is 1. The number of rotatable bonds is 3. The second-order valence-electron chi connectivity index (χ2n) is 4.56. The van der Waals surface area contributed by atoms with Gasteiger partial charge in [-0.25, -0.2) is 14.2 Å². The highest BCUT2D eigenvalue weighted by Crippen LogP contribution is 2.33. The molecule has 0 aliphatic heterocycles. The Morgan fingerprint density at radius 2 is 2.14 bits per heavy atom. The molecule has 106 valence electrons. The van der Waals surface area contributed by atoms with Gasteiger partial charge in [0.1, 0.15) is 0 Å². The molecule has 3 rings (SSSR count). The monoisotopic (exact) mass is 302 g/mol. The number of halogens is 1. The van der Waals surface area contributed by atoms with Crippen molar-refractivity contribution < 1.29 is 14.3 Å². The lowest BCUT2D eigenvalue weighted by Gasteiger charge is -2.13. The summed E-state index contributed by atoms with van der Waals surface area (Å²) in [7, 11) is 0. The Labute approximate surface area is 123 Å². The van der Waals surface area contributed by atoms with E-state index in [4.69, 9.17) is 0 Å². The molecule has 1 heterocycles. The molecule has 0 fully saturated rings. The summed E-state index contributed by atoms with van der Waals surface area (Å²) in [4.78, 5) is 15.4. The molecule has 0 aliphatic rings. The number of aryl methyl sites for hydroxylation is 1. The summed E-state index contributed by atoms with van der Waals surface area (Å²) >= 11 is 1.14. The lowest BCUT2D eigenvalue weighted by molar-refractivity contribution is 0.0697. The summed E-state index contributed by atoms with van der Waals surface area (Å²) in [5.41, 5.74) is 3.25. The first-order chi connectivity index (χ1) is 10.1. The van der Waals surface area contributed by atoms with E-state index in [1.165, 1.54) is 11.6 Å². The van der Waals surface area contributed by atoms with Crippen molar-refractivity contribution in [2.75, 3.05) is 5.32 Å². The van der Waals surface area contributed by atoms with E-state index in [2.05, 4.69) is 10.3 Å². The molecule has 21 heavy (non-hydrogen) atoms. The van der Waals surface area contributed by atoms with Crippen LogP contribution in [0.1, 0.15) is 15.9 Å². The molecule has 0 radical (unpaired) electrons. The van der Waals surface area contributed by atoms with Crippen LogP contribution in [0.4, 0.5) is 15.8 Å². The van der Waals surface area contributed by atoms with Crippen LogP contribution in [-0.4, -0.2) is 16.1 Å². The van der Waals surface area contributed by atoms with Crippen molar-refractivity contribution in [1.29, 1.82) is 0 Å². The van der Waals surface area contributed by atoms with E-state index in [0.29, 0.717) is 15.9 Å². The Bertz CT molecular complexity index is 845. The van der Waals surface area contributed by atoms with E-state index in [-0.39, 0.29) is 11.3 Å². The van der Waals surface area contributed by atoms with Crippen molar-refractivity contribution in [2.24, 2.45) is 0 Å². The average Bonchev–Trinajstić information content (AvgIpc) is 2.92. The predicted octanol–water partition coefficient (Wildman–Crippen LogP) is 4.19. The van der Waals surface area contributed by atoms with Crippen molar-refractivity contribution in [1.82, 2.24) is 4.98 Å². The minimum absolute atomic E-state index is 0.0337. The van der Waals surface area contributed by atoms with Gasteiger partial charge in [0.15, 0.2) is 5.82 Å². The molecule has 1 aromatic heterocycles. The maximum Gasteiger partial charge on any atom is 0.338 e. The van der Waals surface area contributed by atoms with Gasteiger partial charge in [-0.3, -0.25) is 0 Å². The van der Waals surface area contributed by atoms with Crippen LogP contribution < -0.4 is 5.32 Å². The number of hydrogen-bond donors (Lipinski definition) is 2. The average molecular weight is 302 g/mol. The molecular weight excluding hydrogens is 291 g/mol. The van der Waals surface area contributed by atoms with E-state index < -0.39 is 11.8 Å². The minimum Gasteiger partial charge on any atom is -0.478 e. The normalized spacial score (nSPS) is 10.8. The fourth-order valence-corrected chi connectivity index (χ4v) is 2.81. The molecule has 6 heteroatoms. The summed E-state index contributed by atoms with van der Waals surface area (Å²) in [5, 5.41) is 12.2. The smallest absolute Gasteiger partial charge is 0.338 e. The Morgan fingerprint density at radius 1 is 1.38 bits per heavy atom. The number of carbonyl (C=O) groups is 1. The summed E-state index contributed by atoms with van der Waals surface area (Å²) in [6.07, 6.45) is 0. The van der Waals surface area contributed by atoms with E-state index in [9.17, 15) is 14.3 Å². The Balaban J connectivity index is 2.20. The van der Waals surface area contributed by atoms with Crippen LogP contribution in [0.3, 0.4) is 0 Å². The number of thiazole rings is 1. The summed E-state index contributed by atoms with van der Waals surface area (Å²) in [6.45, 7) is 1.87. The van der Waals surface area contributed by atoms with Gasteiger partial charge >= 0.3 is 5.97 Å². The molecular formula is C15H11FN2O2S. The molecule has 0 aliphatic carbocycles. The number of fused-ring (bicyclic) bond motifs is 1. The van der Waals surface area contributed by atoms with Crippen LogP contribution in [0.5, 0.6) is 0 Å². The molecule has 0 saturated carbocycles. The van der Waals surface area contributed by atoms with Crippen molar-refractivity contribution >= 4 is 38.9 Å². The molecule has 0 amide bonds. The third kappa shape index (κ3) is 2.34. The van der Waals surface area contributed by atoms with Crippen molar-refractivity contribution in [2.45, 2.75) is 6.92 Å². The Morgan fingerprint density at radius 3 is 2.86 bits per heavy atom. The standard InChI is InChI=1S/C15H11FN2O2S/c1-8-4-2-3-5-10(8)18-13-9(15(19)20)6-11-14(12(13)16)21-7-17-11/h2-7,18H,1H3,(H,19,20). The molecule has 0 bridgehead atoms. The van der Waals surface area contributed by atoms with Crippen LogP contribution in [0.15, 0.2) is 35.8 Å². The van der Waals surface area contributed by atoms with Crippen LogP contribution in [0.2, 0.25) is 0 Å². The highest BCUT2D eigenvalue weighted by Gasteiger charge is 2.20. The van der Waals surface area contributed by atoms with Crippen molar-refractivity contribution in [3.63, 3.8) is 0 Å². The van der Waals surface area contributed by atoms with Gasteiger partial charge in [-0.05, 0) is 24.6 Å². The van der Waals surface area contributed by atoms with Gasteiger partial charge in [0.25, 0.3) is 0 Å². The number of anilines is 2. The van der Waals surface area contributed by atoms with Crippen molar-refractivity contribution in [3.8, 4) is 0 Å². The molecule has 0 atom stereocenters. The quantitative estimate of drug-likeness (QED) is 0.761. The minimum atomic E-state index is -1.19. The van der Waals surface area contributed by atoms with E-state index in [1.54, 1.807) is 12.1 Å². The maximum atomic E-state index is 14.6. The first kappa shape index (κ1) is 13.5. The zero-order valence-corrected chi connectivity index (χ0v) is 11.9. The third-order valence-corrected chi connectivity index (χ3v) is 4.03. The molecule has 3 aromatic rings. The number of benzene rings is 2. The highest BCUT2D eigenvalue weighted by molar-refractivity contribution is 7.16. The highest BCUT2D eigenvalue weighted by atomic mass is 32.1. The number of carboxylic acids is 1. The SMILES string of the molecule is Cc1ccccc1Nc1c(C(=O)O)cc2ncsc2c1F. The number of aromatic nitrogens is 1. The number of nitrogens with zero attached hydrogens (tertiary/aromatic N) is 1. The lowest BCUT2D eigenvalue weighted by atomic mass is 10.1. The van der Waals surface area contributed by atoms with Crippen LogP contribution in [-0.2, 0) is 0 Å². The molecule has 0 spiro atoms. The first-order valence-corrected chi connectivity index (χ1v) is 7.07. The van der Waals surface area contributed by atoms with Crippen molar-refractivity contribution in [3.05, 3.63) is 52.8 Å². The van der Waals surface area contributed by atoms with Gasteiger partial charge in [0.2, 0.25) is 0 Å². The molecule has 2 N–H and O–H groups in total. The fourth-order valence-electron chi connectivity index (χ4n) is 2.10. The van der Waals surface area contributed by atoms with Crippen LogP contribution >= 0.6 is 11.3 Å². The number of nitrogens with one attached hydrogen (secondary N) is 1. The zero-order chi connectivity index (χ0) is 15.0. The maximum absolute atomic E-state index is 14.6. The second-order valence-corrected chi connectivity index (χ2v) is 5.41. The topological polar surface area (TPSA) is 62.2 Å². The van der Waals surface area contributed by atoms with Gasteiger partial charge < -0.3 is 10.4 Å². The largest absolute Gasteiger partial charge is 0.478 e. The molecule has 0 unspecified atom stereocenters. The van der Waals surface area contributed by atoms with E-state index in [1.807, 2.05) is 19.1 Å². The third-order valence-electron chi connectivity index (χ3n) is 3.20. The first-order valence-electron chi connectivity index (χ1n) is 6.19. The van der Waals surface area contributed by atoms with Gasteiger partial charge in [0.05, 0.1) is 27.0 Å².